The van der Waals surface area contributed by atoms with Crippen molar-refractivity contribution in [3.8, 4) is 0 Å². The summed E-state index contributed by atoms with van der Waals surface area (Å²) in [6, 6.07) is 20.3. The molecule has 0 heterocycles. The molecule has 2 atom stereocenters. The van der Waals surface area contributed by atoms with Gasteiger partial charge in [0.15, 0.2) is 0 Å². The third-order valence-electron chi connectivity index (χ3n) is 4.23. The van der Waals surface area contributed by atoms with Crippen molar-refractivity contribution in [3.63, 3.8) is 0 Å². The largest absolute Gasteiger partial charge is 0.298 e. The summed E-state index contributed by atoms with van der Waals surface area (Å²) >= 11 is 0. The molecule has 2 aromatic rings. The Hall–Kier alpha value is -2.55. The number of hydrogen-bond acceptors (Lipinski definition) is 2. The van der Waals surface area contributed by atoms with Gasteiger partial charge >= 0.3 is 0 Å². The summed E-state index contributed by atoms with van der Waals surface area (Å²) in [5.41, 5.74) is 10.4. The van der Waals surface area contributed by atoms with Gasteiger partial charge < -0.3 is 0 Å². The number of allylic oxidation sites excluding steroid dienone is 1. The number of amides is 1. The van der Waals surface area contributed by atoms with E-state index in [1.807, 2.05) is 62.4 Å². The van der Waals surface area contributed by atoms with Gasteiger partial charge in [0, 0.05) is 5.92 Å². The molecule has 1 saturated carbocycles. The van der Waals surface area contributed by atoms with Crippen molar-refractivity contribution in [2.45, 2.75) is 26.2 Å². The Kier molecular flexibility index (Phi) is 4.47. The number of hydrogen-bond donors (Lipinski definition) is 2. The summed E-state index contributed by atoms with van der Waals surface area (Å²) in [7, 11) is 0. The highest BCUT2D eigenvalue weighted by Crippen LogP contribution is 2.47. The third-order valence-corrected chi connectivity index (χ3v) is 4.23. The molecule has 2 unspecified atom stereocenters. The molecular weight excluding hydrogens is 284 g/mol. The van der Waals surface area contributed by atoms with Crippen LogP contribution in [0.4, 0.5) is 0 Å². The van der Waals surface area contributed by atoms with Gasteiger partial charge in [0.2, 0.25) is 5.91 Å². The molecule has 1 aliphatic rings. The summed E-state index contributed by atoms with van der Waals surface area (Å²) in [4.78, 5) is 12.4. The highest BCUT2D eigenvalue weighted by Gasteiger charge is 2.43. The fourth-order valence-electron chi connectivity index (χ4n) is 2.86. The average Bonchev–Trinajstić information content (AvgIpc) is 3.37. The summed E-state index contributed by atoms with van der Waals surface area (Å²) in [5.74, 6) is 0.484. The van der Waals surface area contributed by atoms with E-state index in [9.17, 15) is 4.79 Å². The first kappa shape index (κ1) is 15.3. The Morgan fingerprint density at radius 3 is 2.13 bits per heavy atom. The number of benzene rings is 2. The standard InChI is InChI=1S/C20H22N2O/c1-14(2)19(16-11-7-4-8-12-16)21-22-20(23)18-13-17(18)15-9-5-3-6-10-15/h3-12,17-18,21H,13H2,1-2H3,(H,22,23). The van der Waals surface area contributed by atoms with Crippen LogP contribution in [-0.4, -0.2) is 5.91 Å². The van der Waals surface area contributed by atoms with Crippen LogP contribution in [0.1, 0.15) is 37.3 Å². The fourth-order valence-corrected chi connectivity index (χ4v) is 2.86. The van der Waals surface area contributed by atoms with Gasteiger partial charge in [-0.05, 0) is 37.3 Å². The number of nitrogens with one attached hydrogen (secondary N) is 2. The molecule has 0 aromatic heterocycles. The van der Waals surface area contributed by atoms with Gasteiger partial charge in [-0.15, -0.1) is 0 Å². The molecule has 23 heavy (non-hydrogen) atoms. The van der Waals surface area contributed by atoms with Gasteiger partial charge in [-0.2, -0.15) is 0 Å². The average molecular weight is 306 g/mol. The van der Waals surface area contributed by atoms with Crippen LogP contribution in [0.2, 0.25) is 0 Å². The molecule has 3 nitrogen and oxygen atoms in total. The van der Waals surface area contributed by atoms with Crippen LogP contribution in [0.25, 0.3) is 5.70 Å². The zero-order valence-corrected chi connectivity index (χ0v) is 13.5. The molecule has 2 N–H and O–H groups in total. The van der Waals surface area contributed by atoms with Crippen molar-refractivity contribution in [1.29, 1.82) is 0 Å². The van der Waals surface area contributed by atoms with Gasteiger partial charge in [0.25, 0.3) is 0 Å². The van der Waals surface area contributed by atoms with E-state index >= 15 is 0 Å². The Labute approximate surface area is 137 Å². The summed E-state index contributed by atoms with van der Waals surface area (Å²) in [6.07, 6.45) is 0.924. The normalized spacial score (nSPS) is 18.9. The predicted molar refractivity (Wildman–Crippen MR) is 93.3 cm³/mol. The minimum Gasteiger partial charge on any atom is -0.298 e. The van der Waals surface area contributed by atoms with Crippen LogP contribution < -0.4 is 10.9 Å². The quantitative estimate of drug-likeness (QED) is 0.824. The Bertz CT molecular complexity index is 703. The number of hydrazine groups is 1. The lowest BCUT2D eigenvalue weighted by Crippen LogP contribution is -2.37. The van der Waals surface area contributed by atoms with E-state index in [1.165, 1.54) is 5.56 Å². The molecule has 1 amide bonds. The van der Waals surface area contributed by atoms with Crippen molar-refractivity contribution in [3.05, 3.63) is 77.4 Å². The maximum Gasteiger partial charge on any atom is 0.242 e. The maximum atomic E-state index is 12.4. The first-order chi connectivity index (χ1) is 11.2. The van der Waals surface area contributed by atoms with Crippen molar-refractivity contribution in [1.82, 2.24) is 10.9 Å². The lowest BCUT2D eigenvalue weighted by atomic mass is 10.1. The van der Waals surface area contributed by atoms with Crippen LogP contribution in [0, 0.1) is 5.92 Å². The minimum atomic E-state index is 0.0635. The molecule has 2 aromatic carbocycles. The first-order valence-electron chi connectivity index (χ1n) is 8.00. The van der Waals surface area contributed by atoms with Gasteiger partial charge in [0.05, 0.1) is 5.70 Å². The van der Waals surface area contributed by atoms with Crippen molar-refractivity contribution in [2.75, 3.05) is 0 Å². The van der Waals surface area contributed by atoms with Gasteiger partial charge in [-0.1, -0.05) is 66.2 Å². The molecule has 0 spiro atoms. The van der Waals surface area contributed by atoms with Crippen LogP contribution in [0.5, 0.6) is 0 Å². The number of rotatable bonds is 5. The molecule has 0 radical (unpaired) electrons. The zero-order chi connectivity index (χ0) is 16.2. The van der Waals surface area contributed by atoms with E-state index in [0.717, 1.165) is 23.3 Å². The van der Waals surface area contributed by atoms with Crippen LogP contribution in [0.15, 0.2) is 66.2 Å². The second kappa shape index (κ2) is 6.69. The van der Waals surface area contributed by atoms with Gasteiger partial charge in [-0.25, -0.2) is 0 Å². The lowest BCUT2D eigenvalue weighted by Gasteiger charge is -2.14. The van der Waals surface area contributed by atoms with E-state index in [1.54, 1.807) is 0 Å². The molecule has 0 saturated heterocycles. The van der Waals surface area contributed by atoms with E-state index < -0.39 is 0 Å². The SMILES string of the molecule is CC(C)=C(NNC(=O)C1CC1c1ccccc1)c1ccccc1. The Balaban J connectivity index is 1.60. The Morgan fingerprint density at radius 1 is 0.913 bits per heavy atom. The summed E-state index contributed by atoms with van der Waals surface area (Å²) < 4.78 is 0. The van der Waals surface area contributed by atoms with Crippen LogP contribution in [0.3, 0.4) is 0 Å². The molecule has 0 aliphatic heterocycles. The molecule has 3 heteroatoms. The van der Waals surface area contributed by atoms with Crippen LogP contribution >= 0.6 is 0 Å². The highest BCUT2D eigenvalue weighted by molar-refractivity contribution is 5.83. The number of carbonyl (C=O) groups excluding carboxylic acids is 1. The molecule has 118 valence electrons. The second-order valence-electron chi connectivity index (χ2n) is 6.21. The predicted octanol–water partition coefficient (Wildman–Crippen LogP) is 3.86. The molecular formula is C20H22N2O. The zero-order valence-electron chi connectivity index (χ0n) is 13.5. The minimum absolute atomic E-state index is 0.0635. The van der Waals surface area contributed by atoms with Crippen molar-refractivity contribution < 1.29 is 4.79 Å². The van der Waals surface area contributed by atoms with E-state index in [2.05, 4.69) is 23.0 Å². The molecule has 0 bridgehead atoms. The fraction of sp³-hybridized carbons (Fsp3) is 0.250. The monoisotopic (exact) mass is 306 g/mol. The topological polar surface area (TPSA) is 41.1 Å². The van der Waals surface area contributed by atoms with Crippen molar-refractivity contribution >= 4 is 11.6 Å². The smallest absolute Gasteiger partial charge is 0.242 e. The maximum absolute atomic E-state index is 12.4. The molecule has 1 aliphatic carbocycles. The van der Waals surface area contributed by atoms with Gasteiger partial charge in [-0.3, -0.25) is 15.6 Å². The van der Waals surface area contributed by atoms with Gasteiger partial charge in [0.1, 0.15) is 0 Å². The summed E-state index contributed by atoms with van der Waals surface area (Å²) in [5, 5.41) is 0. The van der Waals surface area contributed by atoms with E-state index in [-0.39, 0.29) is 11.8 Å². The Morgan fingerprint density at radius 2 is 1.52 bits per heavy atom. The van der Waals surface area contributed by atoms with Crippen LogP contribution in [-0.2, 0) is 4.79 Å². The molecule has 3 rings (SSSR count). The number of carbonyl (C=O) groups is 1. The summed E-state index contributed by atoms with van der Waals surface area (Å²) in [6.45, 7) is 4.07. The lowest BCUT2D eigenvalue weighted by molar-refractivity contribution is -0.123. The van der Waals surface area contributed by atoms with E-state index in [0.29, 0.717) is 5.92 Å². The van der Waals surface area contributed by atoms with Crippen molar-refractivity contribution in [2.24, 2.45) is 5.92 Å². The molecule has 1 fully saturated rings. The van der Waals surface area contributed by atoms with E-state index in [4.69, 9.17) is 0 Å². The first-order valence-corrected chi connectivity index (χ1v) is 8.00. The third kappa shape index (κ3) is 3.62. The highest BCUT2D eigenvalue weighted by atomic mass is 16.2. The second-order valence-corrected chi connectivity index (χ2v) is 6.21.